The van der Waals surface area contributed by atoms with Gasteiger partial charge in [-0.25, -0.2) is 4.79 Å². The molecule has 0 radical (unpaired) electrons. The van der Waals surface area contributed by atoms with E-state index in [0.717, 1.165) is 0 Å². The predicted octanol–water partition coefficient (Wildman–Crippen LogP) is 0.0942. The lowest BCUT2D eigenvalue weighted by Crippen LogP contribution is -2.56. The second-order valence-corrected chi connectivity index (χ2v) is 10.5. The maximum Gasteiger partial charge on any atom is 0.404 e. The minimum Gasteiger partial charge on any atom is -0.507 e. The van der Waals surface area contributed by atoms with E-state index in [1.165, 1.54) is 32.2 Å². The van der Waals surface area contributed by atoms with Crippen LogP contribution in [0, 0.1) is 0 Å². The maximum absolute atomic E-state index is 13.6. The lowest BCUT2D eigenvalue weighted by molar-refractivity contribution is -0.247. The van der Waals surface area contributed by atoms with Crippen molar-refractivity contribution < 1.29 is 64.0 Å². The van der Waals surface area contributed by atoms with Crippen molar-refractivity contribution >= 4 is 23.4 Å². The number of aliphatic hydroxyl groups is 3. The van der Waals surface area contributed by atoms with E-state index in [2.05, 4.69) is 5.32 Å². The van der Waals surface area contributed by atoms with Crippen LogP contribution in [0.4, 0.5) is 4.79 Å². The Labute approximate surface area is 238 Å². The van der Waals surface area contributed by atoms with E-state index < -0.39 is 101 Å². The number of aromatic hydroxyl groups is 2. The first-order valence-electron chi connectivity index (χ1n) is 13.1. The lowest BCUT2D eigenvalue weighted by Gasteiger charge is -2.42. The van der Waals surface area contributed by atoms with E-state index in [-0.39, 0.29) is 35.3 Å². The summed E-state index contributed by atoms with van der Waals surface area (Å²) >= 11 is 0. The molecule has 42 heavy (non-hydrogen) atoms. The van der Waals surface area contributed by atoms with Gasteiger partial charge in [0.2, 0.25) is 5.78 Å². The van der Waals surface area contributed by atoms with Gasteiger partial charge in [0.15, 0.2) is 23.5 Å². The van der Waals surface area contributed by atoms with E-state index in [1.807, 2.05) is 0 Å². The Morgan fingerprint density at radius 1 is 1.12 bits per heavy atom. The number of carbonyl (C=O) groups excluding carboxylic acids is 3. The molecule has 14 heteroatoms. The number of benzene rings is 2. The number of ether oxygens (including phenoxy) is 3. The zero-order valence-electron chi connectivity index (χ0n) is 22.5. The topological polar surface area (TPSA) is 229 Å². The molecule has 6 atom stereocenters. The van der Waals surface area contributed by atoms with Gasteiger partial charge in [-0.1, -0.05) is 12.1 Å². The number of hydrogen-bond acceptors (Lipinski definition) is 12. The summed E-state index contributed by atoms with van der Waals surface area (Å²) in [5.41, 5.74) is -4.89. The van der Waals surface area contributed by atoms with Gasteiger partial charge in [0.25, 0.3) is 0 Å². The highest BCUT2D eigenvalue weighted by Crippen LogP contribution is 2.52. The van der Waals surface area contributed by atoms with Crippen LogP contribution in [0.1, 0.15) is 62.7 Å². The Balaban J connectivity index is 1.60. The molecule has 5 rings (SSSR count). The van der Waals surface area contributed by atoms with Gasteiger partial charge in [-0.05, 0) is 13.0 Å². The van der Waals surface area contributed by atoms with Gasteiger partial charge >= 0.3 is 6.09 Å². The summed E-state index contributed by atoms with van der Waals surface area (Å²) in [7, 11) is 1.29. The molecule has 1 saturated heterocycles. The molecule has 224 valence electrons. The van der Waals surface area contributed by atoms with Crippen molar-refractivity contribution in [3.05, 3.63) is 51.6 Å². The largest absolute Gasteiger partial charge is 0.507 e. The summed E-state index contributed by atoms with van der Waals surface area (Å²) in [6.07, 6.45) is -6.76. The van der Waals surface area contributed by atoms with Crippen LogP contribution in [0.3, 0.4) is 0 Å². The SMILES string of the molecule is COc1cccc2c1C(=O)c1c(O)c3c(c(O)c1C2=O)[C@](O)(C(=O)CO)C[C@@H](OC1CC(NC(=O)O)C(O)C(C)O1)C3. The molecule has 4 unspecified atom stereocenters. The van der Waals surface area contributed by atoms with Gasteiger partial charge in [0.1, 0.15) is 30.0 Å². The minimum absolute atomic E-state index is 0.0524. The number of methoxy groups -OCH3 is 1. The fourth-order valence-electron chi connectivity index (χ4n) is 6.11. The first kappa shape index (κ1) is 29.4. The molecule has 0 saturated carbocycles. The standard InChI is InChI=1S/C28H29NO13/c1-10-22(32)14(29-27(37)38)7-17(41-10)42-11-6-13-21(28(39,8-11)16(31)9-30)26(36)20-19(24(13)34)25(35)18-12(23(20)33)4-3-5-15(18)40-2/h3-5,10-11,14,17,22,29-30,32,34,36,39H,6-9H2,1-2H3,(H,37,38)/t10?,11-,14?,17?,22?,28+/m0/s1. The Bertz CT molecular complexity index is 1500. The second-order valence-electron chi connectivity index (χ2n) is 10.5. The molecular formula is C28H29NO13. The Kier molecular flexibility index (Phi) is 7.45. The van der Waals surface area contributed by atoms with Crippen LogP contribution in [0.2, 0.25) is 0 Å². The molecule has 0 spiro atoms. The van der Waals surface area contributed by atoms with Gasteiger partial charge in [0.05, 0.1) is 42.0 Å². The zero-order chi connectivity index (χ0) is 30.7. The first-order valence-corrected chi connectivity index (χ1v) is 13.1. The van der Waals surface area contributed by atoms with Gasteiger partial charge in [-0.3, -0.25) is 14.4 Å². The molecule has 7 N–H and O–H groups in total. The summed E-state index contributed by atoms with van der Waals surface area (Å²) in [6, 6.07) is 3.26. The number of rotatable bonds is 6. The highest BCUT2D eigenvalue weighted by atomic mass is 16.7. The van der Waals surface area contributed by atoms with Crippen molar-refractivity contribution in [3.8, 4) is 17.2 Å². The highest BCUT2D eigenvalue weighted by Gasteiger charge is 2.52. The summed E-state index contributed by atoms with van der Waals surface area (Å²) in [6.45, 7) is 0.310. The van der Waals surface area contributed by atoms with E-state index in [9.17, 15) is 44.7 Å². The summed E-state index contributed by atoms with van der Waals surface area (Å²) in [5.74, 6) is -4.49. The minimum atomic E-state index is -2.67. The molecule has 1 heterocycles. The van der Waals surface area contributed by atoms with Crippen LogP contribution in [-0.4, -0.2) is 98.4 Å². The van der Waals surface area contributed by atoms with E-state index in [1.54, 1.807) is 0 Å². The smallest absolute Gasteiger partial charge is 0.404 e. The normalized spacial score (nSPS) is 28.4. The lowest BCUT2D eigenvalue weighted by atomic mass is 9.70. The van der Waals surface area contributed by atoms with Crippen LogP contribution >= 0.6 is 0 Å². The van der Waals surface area contributed by atoms with Crippen molar-refractivity contribution in [3.63, 3.8) is 0 Å². The van der Waals surface area contributed by atoms with Crippen molar-refractivity contribution in [2.75, 3.05) is 13.7 Å². The third kappa shape index (κ3) is 4.48. The molecule has 3 aliphatic rings. The quantitative estimate of drug-likeness (QED) is 0.190. The van der Waals surface area contributed by atoms with Crippen molar-refractivity contribution in [1.82, 2.24) is 5.32 Å². The number of Topliss-reactive ketones (excluding diaryl/α,β-unsaturated/α-hetero) is 1. The Hall–Kier alpha value is -4.08. The number of carbonyl (C=O) groups is 4. The van der Waals surface area contributed by atoms with E-state index >= 15 is 0 Å². The second kappa shape index (κ2) is 10.6. The number of phenolic OH excluding ortho intramolecular Hbond substituents is 2. The molecule has 2 aliphatic carbocycles. The molecular weight excluding hydrogens is 558 g/mol. The summed E-state index contributed by atoms with van der Waals surface area (Å²) < 4.78 is 16.9. The van der Waals surface area contributed by atoms with Crippen molar-refractivity contribution in [2.45, 2.75) is 62.4 Å². The fraction of sp³-hybridized carbons (Fsp3) is 0.429. The van der Waals surface area contributed by atoms with Gasteiger partial charge in [-0.15, -0.1) is 0 Å². The number of nitrogens with one attached hydrogen (secondary N) is 1. The number of fused-ring (bicyclic) bond motifs is 3. The third-order valence-corrected chi connectivity index (χ3v) is 8.05. The highest BCUT2D eigenvalue weighted by molar-refractivity contribution is 6.31. The molecule has 1 aliphatic heterocycles. The predicted molar refractivity (Wildman–Crippen MR) is 139 cm³/mol. The summed E-state index contributed by atoms with van der Waals surface area (Å²) in [4.78, 5) is 51.3. The number of carboxylic acid groups (broad SMARTS) is 1. The first-order chi connectivity index (χ1) is 19.8. The number of amides is 1. The van der Waals surface area contributed by atoms with E-state index in [0.29, 0.717) is 0 Å². The van der Waals surface area contributed by atoms with Crippen LogP contribution in [0.15, 0.2) is 18.2 Å². The number of ketones is 3. The summed E-state index contributed by atoms with van der Waals surface area (Å²) in [5, 5.41) is 65.7. The number of hydrogen-bond donors (Lipinski definition) is 7. The van der Waals surface area contributed by atoms with Crippen LogP contribution in [0.25, 0.3) is 0 Å². The molecule has 0 bridgehead atoms. The average molecular weight is 588 g/mol. The van der Waals surface area contributed by atoms with Crippen molar-refractivity contribution in [2.24, 2.45) is 0 Å². The molecule has 1 amide bonds. The van der Waals surface area contributed by atoms with Crippen molar-refractivity contribution in [1.29, 1.82) is 0 Å². The van der Waals surface area contributed by atoms with E-state index in [4.69, 9.17) is 19.3 Å². The monoisotopic (exact) mass is 587 g/mol. The molecule has 2 aromatic carbocycles. The van der Waals surface area contributed by atoms with Gasteiger partial charge in [0, 0.05) is 36.0 Å². The maximum atomic E-state index is 13.6. The number of aliphatic hydroxyl groups excluding tert-OH is 2. The average Bonchev–Trinajstić information content (AvgIpc) is 2.94. The van der Waals surface area contributed by atoms with Crippen LogP contribution in [-0.2, 0) is 26.3 Å². The van der Waals surface area contributed by atoms with Gasteiger partial charge < -0.3 is 50.2 Å². The molecule has 2 aromatic rings. The Morgan fingerprint density at radius 2 is 1.81 bits per heavy atom. The third-order valence-electron chi connectivity index (χ3n) is 8.05. The molecule has 14 nitrogen and oxygen atoms in total. The van der Waals surface area contributed by atoms with Crippen LogP contribution < -0.4 is 10.1 Å². The van der Waals surface area contributed by atoms with Gasteiger partial charge in [-0.2, -0.15) is 0 Å². The fourth-order valence-corrected chi connectivity index (χ4v) is 6.11. The molecule has 0 aromatic heterocycles. The zero-order valence-corrected chi connectivity index (χ0v) is 22.5. The molecule has 1 fully saturated rings. The van der Waals surface area contributed by atoms with Crippen LogP contribution in [0.5, 0.6) is 17.2 Å². The Morgan fingerprint density at radius 3 is 2.45 bits per heavy atom. The number of phenols is 2.